The molecule has 0 aromatic rings. The Morgan fingerprint density at radius 3 is 0.750 bits per heavy atom. The van der Waals surface area contributed by atoms with Crippen LogP contribution < -0.4 is 0 Å². The van der Waals surface area contributed by atoms with Gasteiger partial charge in [-0.15, -0.1) is 12.4 Å². The Morgan fingerprint density at radius 1 is 0.750 bits per heavy atom. The summed E-state index contributed by atoms with van der Waals surface area (Å²) in [5.74, 6) is 0. The second-order valence-electron chi connectivity index (χ2n) is 0. The molecule has 0 rings (SSSR count). The maximum absolute atomic E-state index is 0. The van der Waals surface area contributed by atoms with Gasteiger partial charge in [-0.3, -0.25) is 0 Å². The van der Waals surface area contributed by atoms with Gasteiger partial charge in [0.05, 0.1) is 0 Å². The zero-order chi connectivity index (χ0) is 0. The molecule has 0 atom stereocenters. The monoisotopic (exact) mass is 130 g/mol. The van der Waals surface area contributed by atoms with E-state index in [-0.39, 0.29) is 96.3 Å². The maximum Gasteiger partial charge on any atom is 0.316 e. The van der Waals surface area contributed by atoms with Crippen LogP contribution in [-0.2, 0) is 0 Å². The van der Waals surface area contributed by atoms with Crippen molar-refractivity contribution in [2.75, 3.05) is 0 Å². The minimum Gasteiger partial charge on any atom is 0.316 e. The Bertz CT molecular complexity index is 6.00. The van der Waals surface area contributed by atoms with Gasteiger partial charge in [-0.25, -0.2) is 0 Å². The molecule has 0 N–H and O–H groups in total. The van der Waals surface area contributed by atoms with Crippen molar-refractivity contribution in [2.24, 2.45) is 0 Å². The molecule has 0 spiro atoms. The van der Waals surface area contributed by atoms with E-state index in [9.17, 15) is 0 Å². The molecule has 0 bridgehead atoms. The van der Waals surface area contributed by atoms with E-state index in [0.29, 0.717) is 0 Å². The molecule has 4 heteroatoms. The second-order valence-corrected chi connectivity index (χ2v) is 0. The largest absolute Gasteiger partial charge is 0.316 e. The van der Waals surface area contributed by atoms with Gasteiger partial charge < -0.3 is 0 Å². The van der Waals surface area contributed by atoms with Gasteiger partial charge in [0.2, 0.25) is 0 Å². The van der Waals surface area contributed by atoms with Crippen LogP contribution in [0.25, 0.3) is 0 Å². The Labute approximate surface area is 94.2 Å². The number of halogens is 1. The van der Waals surface area contributed by atoms with Gasteiger partial charge in [-0.2, -0.15) is 0 Å². The molecular formula is H7CaClMg2. The third-order valence-electron chi connectivity index (χ3n) is 0. The van der Waals surface area contributed by atoms with E-state index < -0.39 is 0 Å². The normalized spacial score (nSPS) is 0. The van der Waals surface area contributed by atoms with E-state index in [2.05, 4.69) is 0 Å². The van der Waals surface area contributed by atoms with Gasteiger partial charge in [0, 0.05) is 0 Å². The van der Waals surface area contributed by atoms with Gasteiger partial charge in [-0.1, -0.05) is 0 Å². The Balaban J connectivity index is 0. The van der Waals surface area contributed by atoms with Gasteiger partial charge in [0.1, 0.15) is 0 Å². The molecule has 0 aliphatic rings. The van der Waals surface area contributed by atoms with Crippen LogP contribution in [0.15, 0.2) is 0 Å². The molecule has 0 aromatic heterocycles. The zero-order valence-electron chi connectivity index (χ0n) is 0.408. The first-order chi connectivity index (χ1) is 0. The fourth-order valence-corrected chi connectivity index (χ4v) is 0. The predicted octanol–water partition coefficient (Wildman–Crippen LogP) is -2.33. The Hall–Kier alpha value is 3.08. The van der Waals surface area contributed by atoms with Crippen molar-refractivity contribution in [3.8, 4) is 0 Å². The molecule has 0 radical (unpaired) electrons. The van der Waals surface area contributed by atoms with Crippen molar-refractivity contribution in [3.63, 3.8) is 0 Å². The second kappa shape index (κ2) is 16.5. The SMILES string of the molecule is Cl.[CaH2].[MgH2].[MgH2]. The van der Waals surface area contributed by atoms with Crippen molar-refractivity contribution < 1.29 is 0 Å². The molecule has 0 heterocycles. The maximum atomic E-state index is 0. The van der Waals surface area contributed by atoms with Crippen LogP contribution in [0.5, 0.6) is 0 Å². The van der Waals surface area contributed by atoms with Gasteiger partial charge >= 0.3 is 83.8 Å². The molecule has 0 unspecified atom stereocenters. The van der Waals surface area contributed by atoms with Crippen molar-refractivity contribution in [2.45, 2.75) is 0 Å². The fraction of sp³-hybridized carbons (Fsp3) is 0. The summed E-state index contributed by atoms with van der Waals surface area (Å²) >= 11 is 0. The topological polar surface area (TPSA) is 0 Å². The molecule has 0 nitrogen and oxygen atoms in total. The van der Waals surface area contributed by atoms with Crippen molar-refractivity contribution in [1.82, 2.24) is 0 Å². The Kier molecular flexibility index (Phi) is 114. The number of rotatable bonds is 0. The smallest absolute Gasteiger partial charge is 0.316 e. The predicted molar refractivity (Wildman–Crippen MR) is 32.9 cm³/mol. The summed E-state index contributed by atoms with van der Waals surface area (Å²) in [5.41, 5.74) is 0. The molecule has 0 fully saturated rings. The minimum absolute atomic E-state index is 0. The molecule has 0 saturated carbocycles. The molecule has 0 aromatic carbocycles. The van der Waals surface area contributed by atoms with Crippen LogP contribution in [0.1, 0.15) is 0 Å². The summed E-state index contributed by atoms with van der Waals surface area (Å²) in [6, 6.07) is 0. The first kappa shape index (κ1) is 27.6. The van der Waals surface area contributed by atoms with Crippen LogP contribution in [0.2, 0.25) is 0 Å². The van der Waals surface area contributed by atoms with Crippen LogP contribution in [0.3, 0.4) is 0 Å². The van der Waals surface area contributed by atoms with Crippen molar-refractivity contribution in [3.05, 3.63) is 0 Å². The van der Waals surface area contributed by atoms with E-state index >= 15 is 0 Å². The van der Waals surface area contributed by atoms with E-state index in [1.807, 2.05) is 0 Å². The molecule has 0 aliphatic heterocycles. The van der Waals surface area contributed by atoms with Crippen molar-refractivity contribution >= 4 is 96.3 Å². The molecule has 0 saturated heterocycles. The van der Waals surface area contributed by atoms with Crippen LogP contribution in [-0.4, -0.2) is 83.8 Å². The Morgan fingerprint density at radius 2 is 0.750 bits per heavy atom. The summed E-state index contributed by atoms with van der Waals surface area (Å²) in [4.78, 5) is 0. The molecule has 0 aliphatic carbocycles. The first-order valence-corrected chi connectivity index (χ1v) is 0. The third-order valence-corrected chi connectivity index (χ3v) is 0. The first-order valence-electron chi connectivity index (χ1n) is 0. The minimum atomic E-state index is 0. The van der Waals surface area contributed by atoms with Gasteiger partial charge in [0.15, 0.2) is 0 Å². The van der Waals surface area contributed by atoms with E-state index in [4.69, 9.17) is 0 Å². The summed E-state index contributed by atoms with van der Waals surface area (Å²) < 4.78 is 0. The summed E-state index contributed by atoms with van der Waals surface area (Å²) in [6.45, 7) is 0. The third kappa shape index (κ3) is 8.91. The molecule has 0 amide bonds. The average Bonchev–Trinajstić information content (AvgIpc) is 0. The van der Waals surface area contributed by atoms with E-state index in [1.54, 1.807) is 0 Å². The average molecular weight is 131 g/mol. The van der Waals surface area contributed by atoms with Crippen LogP contribution >= 0.6 is 12.4 Å². The number of hydrogen-bond donors (Lipinski definition) is 0. The number of hydrogen-bond acceptors (Lipinski definition) is 0. The van der Waals surface area contributed by atoms with Crippen molar-refractivity contribution in [1.29, 1.82) is 0 Å². The summed E-state index contributed by atoms with van der Waals surface area (Å²) in [7, 11) is 0. The molecular weight excluding hydrogens is 124 g/mol. The molecule has 20 valence electrons. The summed E-state index contributed by atoms with van der Waals surface area (Å²) in [5, 5.41) is 0. The standard InChI is InChI=1S/Ca.ClH.2Mg.6H/h;1H;;;;;;;;. The fourth-order valence-electron chi connectivity index (χ4n) is 0. The van der Waals surface area contributed by atoms with E-state index in [0.717, 1.165) is 0 Å². The van der Waals surface area contributed by atoms with Gasteiger partial charge in [-0.05, 0) is 0 Å². The van der Waals surface area contributed by atoms with Gasteiger partial charge in [0.25, 0.3) is 0 Å². The zero-order valence-corrected chi connectivity index (χ0v) is 1.22. The van der Waals surface area contributed by atoms with Crippen LogP contribution in [0, 0.1) is 0 Å². The summed E-state index contributed by atoms with van der Waals surface area (Å²) in [6.07, 6.45) is 0. The molecule has 4 heavy (non-hydrogen) atoms. The van der Waals surface area contributed by atoms with E-state index in [1.165, 1.54) is 0 Å². The van der Waals surface area contributed by atoms with Crippen LogP contribution in [0.4, 0.5) is 0 Å². The quantitative estimate of drug-likeness (QED) is 0.324.